The summed E-state index contributed by atoms with van der Waals surface area (Å²) in [5, 5.41) is 14.7. The van der Waals surface area contributed by atoms with E-state index in [0.29, 0.717) is 6.54 Å². The lowest BCUT2D eigenvalue weighted by Gasteiger charge is -2.34. The van der Waals surface area contributed by atoms with E-state index in [9.17, 15) is 5.11 Å². The van der Waals surface area contributed by atoms with Gasteiger partial charge in [0.1, 0.15) is 0 Å². The number of nitrogen functional groups attached to an aromatic ring is 1. The lowest BCUT2D eigenvalue weighted by molar-refractivity contribution is 0.00501. The molecule has 1 aliphatic rings. The number of hydrogen-bond acceptors (Lipinski definition) is 5. The number of rotatable bonds is 3. The van der Waals surface area contributed by atoms with Gasteiger partial charge in [0.25, 0.3) is 0 Å². The van der Waals surface area contributed by atoms with E-state index in [1.54, 1.807) is 11.3 Å². The highest BCUT2D eigenvalue weighted by molar-refractivity contribution is 7.22. The minimum Gasteiger partial charge on any atom is -0.399 e. The van der Waals surface area contributed by atoms with Crippen LogP contribution in [0.3, 0.4) is 0 Å². The standard InChI is InChI=1S/C15H21N3OS/c1-10-4-6-15(19,7-5-10)9-17-14-18-12-3-2-11(16)8-13(12)20-14/h2-3,8,10,19H,4-7,9,16H2,1H3,(H,17,18). The number of anilines is 2. The van der Waals surface area contributed by atoms with Gasteiger partial charge in [0.2, 0.25) is 0 Å². The lowest BCUT2D eigenvalue weighted by Crippen LogP contribution is -2.40. The molecule has 0 amide bonds. The first-order valence-corrected chi connectivity index (χ1v) is 7.98. The van der Waals surface area contributed by atoms with Crippen molar-refractivity contribution in [3.05, 3.63) is 18.2 Å². The van der Waals surface area contributed by atoms with Crippen LogP contribution in [0.15, 0.2) is 18.2 Å². The Labute approximate surface area is 123 Å². The summed E-state index contributed by atoms with van der Waals surface area (Å²) in [6, 6.07) is 5.74. The number of nitrogens with zero attached hydrogens (tertiary/aromatic N) is 1. The number of nitrogens with one attached hydrogen (secondary N) is 1. The van der Waals surface area contributed by atoms with E-state index in [1.807, 2.05) is 18.2 Å². The van der Waals surface area contributed by atoms with Gasteiger partial charge in [-0.25, -0.2) is 4.98 Å². The summed E-state index contributed by atoms with van der Waals surface area (Å²) in [6.07, 6.45) is 3.96. The summed E-state index contributed by atoms with van der Waals surface area (Å²) in [5.74, 6) is 0.737. The molecule has 0 spiro atoms. The van der Waals surface area contributed by atoms with Crippen LogP contribution in [0.2, 0.25) is 0 Å². The van der Waals surface area contributed by atoms with E-state index >= 15 is 0 Å². The van der Waals surface area contributed by atoms with E-state index in [2.05, 4.69) is 17.2 Å². The average molecular weight is 291 g/mol. The fraction of sp³-hybridized carbons (Fsp3) is 0.533. The average Bonchev–Trinajstić information content (AvgIpc) is 2.82. The van der Waals surface area contributed by atoms with E-state index in [4.69, 9.17) is 5.73 Å². The van der Waals surface area contributed by atoms with Crippen LogP contribution in [0.1, 0.15) is 32.6 Å². The predicted molar refractivity (Wildman–Crippen MR) is 85.1 cm³/mol. The van der Waals surface area contributed by atoms with Crippen molar-refractivity contribution >= 4 is 32.4 Å². The van der Waals surface area contributed by atoms with Gasteiger partial charge in [0.05, 0.1) is 15.8 Å². The second kappa shape index (κ2) is 5.22. The van der Waals surface area contributed by atoms with Gasteiger partial charge >= 0.3 is 0 Å². The molecule has 1 heterocycles. The van der Waals surface area contributed by atoms with Crippen molar-refractivity contribution in [2.24, 2.45) is 5.92 Å². The van der Waals surface area contributed by atoms with Crippen LogP contribution in [-0.4, -0.2) is 22.2 Å². The van der Waals surface area contributed by atoms with Crippen molar-refractivity contribution in [1.29, 1.82) is 0 Å². The third-order valence-corrected chi connectivity index (χ3v) is 5.16. The van der Waals surface area contributed by atoms with Crippen molar-refractivity contribution in [1.82, 2.24) is 4.98 Å². The number of fused-ring (bicyclic) bond motifs is 1. The maximum atomic E-state index is 10.6. The number of thiazole rings is 1. The van der Waals surface area contributed by atoms with Gasteiger partial charge in [0.15, 0.2) is 5.13 Å². The molecule has 0 saturated heterocycles. The van der Waals surface area contributed by atoms with Gasteiger partial charge in [-0.15, -0.1) is 0 Å². The Bertz CT molecular complexity index is 602. The Kier molecular flexibility index (Phi) is 3.56. The number of nitrogens with two attached hydrogens (primary N) is 1. The highest BCUT2D eigenvalue weighted by Gasteiger charge is 2.31. The third-order valence-electron chi connectivity index (χ3n) is 4.19. The molecule has 0 atom stereocenters. The molecule has 3 rings (SSSR count). The second-order valence-corrected chi connectivity index (χ2v) is 7.04. The van der Waals surface area contributed by atoms with Gasteiger partial charge in [0, 0.05) is 12.2 Å². The predicted octanol–water partition coefficient (Wildman–Crippen LogP) is 3.23. The van der Waals surface area contributed by atoms with Gasteiger partial charge in [-0.1, -0.05) is 18.3 Å². The molecular weight excluding hydrogens is 270 g/mol. The summed E-state index contributed by atoms with van der Waals surface area (Å²) >= 11 is 1.59. The van der Waals surface area contributed by atoms with E-state index in [0.717, 1.165) is 52.6 Å². The minimum atomic E-state index is -0.580. The molecule has 108 valence electrons. The number of aromatic nitrogens is 1. The molecule has 1 saturated carbocycles. The van der Waals surface area contributed by atoms with Crippen LogP contribution in [0.5, 0.6) is 0 Å². The first-order chi connectivity index (χ1) is 9.54. The molecule has 0 radical (unpaired) electrons. The molecule has 4 N–H and O–H groups in total. The molecule has 0 aliphatic heterocycles. The highest BCUT2D eigenvalue weighted by atomic mass is 32.1. The molecule has 20 heavy (non-hydrogen) atoms. The third kappa shape index (κ3) is 2.88. The van der Waals surface area contributed by atoms with Crippen molar-refractivity contribution in [2.75, 3.05) is 17.6 Å². The Morgan fingerprint density at radius 2 is 2.20 bits per heavy atom. The Morgan fingerprint density at radius 1 is 1.45 bits per heavy atom. The second-order valence-electron chi connectivity index (χ2n) is 6.01. The molecule has 2 aromatic rings. The first-order valence-electron chi connectivity index (χ1n) is 7.16. The first kappa shape index (κ1) is 13.6. The quantitative estimate of drug-likeness (QED) is 0.759. The van der Waals surface area contributed by atoms with Crippen molar-refractivity contribution in [3.63, 3.8) is 0 Å². The van der Waals surface area contributed by atoms with Gasteiger partial charge in [-0.05, 0) is 49.8 Å². The fourth-order valence-electron chi connectivity index (χ4n) is 2.73. The van der Waals surface area contributed by atoms with Crippen LogP contribution in [0.25, 0.3) is 10.2 Å². The maximum Gasteiger partial charge on any atom is 0.183 e. The Hall–Kier alpha value is -1.33. The molecule has 1 aromatic heterocycles. The number of aliphatic hydroxyl groups is 1. The summed E-state index contributed by atoms with van der Waals surface area (Å²) in [4.78, 5) is 4.53. The highest BCUT2D eigenvalue weighted by Crippen LogP contribution is 2.33. The zero-order chi connectivity index (χ0) is 14.2. The van der Waals surface area contributed by atoms with Gasteiger partial charge in [-0.3, -0.25) is 0 Å². The van der Waals surface area contributed by atoms with Crippen LogP contribution < -0.4 is 11.1 Å². The largest absolute Gasteiger partial charge is 0.399 e. The smallest absolute Gasteiger partial charge is 0.183 e. The zero-order valence-electron chi connectivity index (χ0n) is 11.7. The van der Waals surface area contributed by atoms with Gasteiger partial charge in [-0.2, -0.15) is 0 Å². The lowest BCUT2D eigenvalue weighted by atomic mass is 9.79. The van der Waals surface area contributed by atoms with Crippen LogP contribution >= 0.6 is 11.3 Å². The Morgan fingerprint density at radius 3 is 2.95 bits per heavy atom. The molecule has 5 heteroatoms. The molecule has 0 bridgehead atoms. The zero-order valence-corrected chi connectivity index (χ0v) is 12.5. The van der Waals surface area contributed by atoms with Crippen LogP contribution in [-0.2, 0) is 0 Å². The van der Waals surface area contributed by atoms with Crippen molar-refractivity contribution in [2.45, 2.75) is 38.2 Å². The normalized spacial score (nSPS) is 26.8. The SMILES string of the molecule is CC1CCC(O)(CNc2nc3ccc(N)cc3s2)CC1. The van der Waals surface area contributed by atoms with E-state index in [1.165, 1.54) is 0 Å². The molecule has 0 unspecified atom stereocenters. The molecule has 1 aromatic carbocycles. The molecule has 4 nitrogen and oxygen atoms in total. The number of hydrogen-bond donors (Lipinski definition) is 3. The van der Waals surface area contributed by atoms with Crippen molar-refractivity contribution in [3.8, 4) is 0 Å². The molecule has 1 fully saturated rings. The molecular formula is C15H21N3OS. The maximum absolute atomic E-state index is 10.6. The summed E-state index contributed by atoms with van der Waals surface area (Å²) in [6.45, 7) is 2.83. The fourth-order valence-corrected chi connectivity index (χ4v) is 3.64. The summed E-state index contributed by atoms with van der Waals surface area (Å²) < 4.78 is 1.08. The van der Waals surface area contributed by atoms with Crippen molar-refractivity contribution < 1.29 is 5.11 Å². The van der Waals surface area contributed by atoms with Gasteiger partial charge < -0.3 is 16.2 Å². The van der Waals surface area contributed by atoms with Crippen LogP contribution in [0.4, 0.5) is 10.8 Å². The topological polar surface area (TPSA) is 71.2 Å². The number of benzene rings is 1. The Balaban J connectivity index is 1.67. The van der Waals surface area contributed by atoms with E-state index < -0.39 is 5.60 Å². The van der Waals surface area contributed by atoms with Crippen LogP contribution in [0, 0.1) is 5.92 Å². The summed E-state index contributed by atoms with van der Waals surface area (Å²) in [5.41, 5.74) is 6.91. The monoisotopic (exact) mass is 291 g/mol. The van der Waals surface area contributed by atoms with E-state index in [-0.39, 0.29) is 0 Å². The molecule has 1 aliphatic carbocycles. The summed E-state index contributed by atoms with van der Waals surface area (Å²) in [7, 11) is 0. The minimum absolute atomic E-state index is 0.578.